The Morgan fingerprint density at radius 1 is 1.50 bits per heavy atom. The molecule has 3 heteroatoms. The number of carbonyl (C=O) groups is 1. The van der Waals surface area contributed by atoms with Crippen molar-refractivity contribution in [1.82, 2.24) is 4.90 Å². The van der Waals surface area contributed by atoms with Gasteiger partial charge in [-0.05, 0) is 26.4 Å². The van der Waals surface area contributed by atoms with Crippen LogP contribution in [0.1, 0.15) is 27.2 Å². The molecule has 0 radical (unpaired) electrons. The Hall–Kier alpha value is -0.570. The van der Waals surface area contributed by atoms with Crippen molar-refractivity contribution in [3.8, 4) is 0 Å². The summed E-state index contributed by atoms with van der Waals surface area (Å²) >= 11 is 0. The van der Waals surface area contributed by atoms with Crippen LogP contribution in [0.5, 0.6) is 0 Å². The molecule has 0 fully saturated rings. The topological polar surface area (TPSA) is 29.5 Å². The number of likely N-dealkylation sites (N-methyl/N-ethyl adjacent to an activating group) is 1. The second-order valence-electron chi connectivity index (χ2n) is 2.83. The number of esters is 1. The van der Waals surface area contributed by atoms with E-state index in [1.165, 1.54) is 7.11 Å². The molecule has 0 aromatic carbocycles. The largest absolute Gasteiger partial charge is 0.468 e. The quantitative estimate of drug-likeness (QED) is 0.586. The number of carbonyl (C=O) groups excluding carboxylic acids is 1. The van der Waals surface area contributed by atoms with Crippen LogP contribution in [0.3, 0.4) is 0 Å². The first-order valence-corrected chi connectivity index (χ1v) is 4.49. The standard InChI is InChI=1S/C9H19NO2/c1-5-7-10(6-2)8(3)9(11)12-4/h8H,5-7H2,1-4H3. The molecule has 0 aliphatic heterocycles. The zero-order chi connectivity index (χ0) is 9.56. The summed E-state index contributed by atoms with van der Waals surface area (Å²) in [5, 5.41) is 0. The molecule has 12 heavy (non-hydrogen) atoms. The number of rotatable bonds is 5. The molecule has 0 heterocycles. The zero-order valence-electron chi connectivity index (χ0n) is 8.46. The van der Waals surface area contributed by atoms with Crippen LogP contribution in [0.15, 0.2) is 0 Å². The molecule has 0 bridgehead atoms. The number of hydrogen-bond donors (Lipinski definition) is 0. The Labute approximate surface area is 74.7 Å². The maximum Gasteiger partial charge on any atom is 0.322 e. The molecular formula is C9H19NO2. The van der Waals surface area contributed by atoms with Crippen LogP contribution in [-0.4, -0.2) is 37.1 Å². The van der Waals surface area contributed by atoms with Gasteiger partial charge in [0.25, 0.3) is 0 Å². The van der Waals surface area contributed by atoms with Gasteiger partial charge in [-0.1, -0.05) is 13.8 Å². The van der Waals surface area contributed by atoms with E-state index in [0.717, 1.165) is 19.5 Å². The maximum absolute atomic E-state index is 11.1. The minimum atomic E-state index is -0.148. The minimum Gasteiger partial charge on any atom is -0.468 e. The second-order valence-corrected chi connectivity index (χ2v) is 2.83. The lowest BCUT2D eigenvalue weighted by molar-refractivity contribution is -0.146. The Morgan fingerprint density at radius 3 is 2.42 bits per heavy atom. The van der Waals surface area contributed by atoms with Crippen molar-refractivity contribution in [3.05, 3.63) is 0 Å². The molecule has 0 aromatic heterocycles. The van der Waals surface area contributed by atoms with Crippen molar-refractivity contribution in [2.24, 2.45) is 0 Å². The van der Waals surface area contributed by atoms with Crippen molar-refractivity contribution in [1.29, 1.82) is 0 Å². The molecule has 0 saturated heterocycles. The Balaban J connectivity index is 4.00. The molecule has 0 saturated carbocycles. The summed E-state index contributed by atoms with van der Waals surface area (Å²) in [6.45, 7) is 7.88. The van der Waals surface area contributed by atoms with E-state index >= 15 is 0 Å². The van der Waals surface area contributed by atoms with Crippen molar-refractivity contribution < 1.29 is 9.53 Å². The fraction of sp³-hybridized carbons (Fsp3) is 0.889. The Kier molecular flexibility index (Phi) is 5.72. The van der Waals surface area contributed by atoms with Crippen molar-refractivity contribution in [2.45, 2.75) is 33.2 Å². The molecular weight excluding hydrogens is 154 g/mol. The summed E-state index contributed by atoms with van der Waals surface area (Å²) in [5.74, 6) is -0.148. The van der Waals surface area contributed by atoms with Gasteiger partial charge in [0.15, 0.2) is 0 Å². The van der Waals surface area contributed by atoms with Gasteiger partial charge in [-0.3, -0.25) is 9.69 Å². The van der Waals surface area contributed by atoms with Gasteiger partial charge in [-0.25, -0.2) is 0 Å². The van der Waals surface area contributed by atoms with E-state index in [0.29, 0.717) is 0 Å². The van der Waals surface area contributed by atoms with Crippen LogP contribution in [0.4, 0.5) is 0 Å². The average molecular weight is 173 g/mol. The third-order valence-electron chi connectivity index (χ3n) is 2.01. The first-order valence-electron chi connectivity index (χ1n) is 4.49. The molecule has 0 amide bonds. The summed E-state index contributed by atoms with van der Waals surface area (Å²) in [4.78, 5) is 13.2. The lowest BCUT2D eigenvalue weighted by Crippen LogP contribution is -2.39. The summed E-state index contributed by atoms with van der Waals surface area (Å²) < 4.78 is 4.66. The maximum atomic E-state index is 11.1. The fourth-order valence-electron chi connectivity index (χ4n) is 1.23. The SMILES string of the molecule is CCCN(CC)C(C)C(=O)OC. The van der Waals surface area contributed by atoms with Gasteiger partial charge >= 0.3 is 5.97 Å². The van der Waals surface area contributed by atoms with E-state index in [1.807, 2.05) is 6.92 Å². The summed E-state index contributed by atoms with van der Waals surface area (Å²) in [6.07, 6.45) is 1.06. The van der Waals surface area contributed by atoms with Crippen LogP contribution in [0, 0.1) is 0 Å². The molecule has 1 atom stereocenters. The van der Waals surface area contributed by atoms with Gasteiger partial charge in [0.2, 0.25) is 0 Å². The number of ether oxygens (including phenoxy) is 1. The second kappa shape index (κ2) is 6.00. The van der Waals surface area contributed by atoms with Gasteiger partial charge in [0.1, 0.15) is 6.04 Å². The van der Waals surface area contributed by atoms with E-state index in [9.17, 15) is 4.79 Å². The monoisotopic (exact) mass is 173 g/mol. The van der Waals surface area contributed by atoms with Crippen molar-refractivity contribution in [2.75, 3.05) is 20.2 Å². The molecule has 0 aliphatic carbocycles. The highest BCUT2D eigenvalue weighted by atomic mass is 16.5. The number of hydrogen-bond acceptors (Lipinski definition) is 3. The molecule has 0 aliphatic rings. The molecule has 0 aromatic rings. The van der Waals surface area contributed by atoms with E-state index in [1.54, 1.807) is 0 Å². The minimum absolute atomic E-state index is 0.111. The average Bonchev–Trinajstić information content (AvgIpc) is 2.11. The Bertz CT molecular complexity index is 136. The first kappa shape index (κ1) is 11.4. The third kappa shape index (κ3) is 3.22. The molecule has 1 unspecified atom stereocenters. The van der Waals surface area contributed by atoms with Gasteiger partial charge in [-0.15, -0.1) is 0 Å². The molecule has 3 nitrogen and oxygen atoms in total. The molecule has 0 rings (SSSR count). The van der Waals surface area contributed by atoms with Gasteiger partial charge < -0.3 is 4.74 Å². The zero-order valence-corrected chi connectivity index (χ0v) is 8.46. The van der Waals surface area contributed by atoms with Gasteiger partial charge in [0.05, 0.1) is 7.11 Å². The predicted molar refractivity (Wildman–Crippen MR) is 49.0 cm³/mol. The fourth-order valence-corrected chi connectivity index (χ4v) is 1.23. The first-order chi connectivity index (χ1) is 5.67. The summed E-state index contributed by atoms with van der Waals surface area (Å²) in [7, 11) is 1.43. The number of methoxy groups -OCH3 is 1. The van der Waals surface area contributed by atoms with Gasteiger partial charge in [0, 0.05) is 0 Å². The van der Waals surface area contributed by atoms with E-state index < -0.39 is 0 Å². The molecule has 0 N–H and O–H groups in total. The lowest BCUT2D eigenvalue weighted by atomic mass is 10.2. The molecule has 0 spiro atoms. The molecule has 72 valence electrons. The van der Waals surface area contributed by atoms with Crippen LogP contribution in [-0.2, 0) is 9.53 Å². The Morgan fingerprint density at radius 2 is 2.08 bits per heavy atom. The summed E-state index contributed by atoms with van der Waals surface area (Å²) in [6, 6.07) is -0.111. The predicted octanol–water partition coefficient (Wildman–Crippen LogP) is 1.28. The van der Waals surface area contributed by atoms with Crippen LogP contribution in [0.25, 0.3) is 0 Å². The highest BCUT2D eigenvalue weighted by molar-refractivity contribution is 5.75. The normalized spacial score (nSPS) is 13.1. The smallest absolute Gasteiger partial charge is 0.322 e. The van der Waals surface area contributed by atoms with Gasteiger partial charge in [-0.2, -0.15) is 0 Å². The van der Waals surface area contributed by atoms with E-state index in [-0.39, 0.29) is 12.0 Å². The van der Waals surface area contributed by atoms with Crippen LogP contribution < -0.4 is 0 Å². The van der Waals surface area contributed by atoms with Crippen molar-refractivity contribution in [3.63, 3.8) is 0 Å². The third-order valence-corrected chi connectivity index (χ3v) is 2.01. The van der Waals surface area contributed by atoms with Crippen LogP contribution >= 0.6 is 0 Å². The van der Waals surface area contributed by atoms with Crippen LogP contribution in [0.2, 0.25) is 0 Å². The highest BCUT2D eigenvalue weighted by Crippen LogP contribution is 2.01. The summed E-state index contributed by atoms with van der Waals surface area (Å²) in [5.41, 5.74) is 0. The van der Waals surface area contributed by atoms with E-state index in [2.05, 4.69) is 23.5 Å². The van der Waals surface area contributed by atoms with Crippen molar-refractivity contribution >= 4 is 5.97 Å². The lowest BCUT2D eigenvalue weighted by Gasteiger charge is -2.24. The number of nitrogens with zero attached hydrogens (tertiary/aromatic N) is 1. The highest BCUT2D eigenvalue weighted by Gasteiger charge is 2.19. The van der Waals surface area contributed by atoms with E-state index in [4.69, 9.17) is 0 Å².